The SMILES string of the molecule is CCc1nc2c([nH]1)c(=S)[nH]c(=O)n2CC1CC1. The van der Waals surface area contributed by atoms with E-state index in [1.54, 1.807) is 4.57 Å². The molecule has 1 aliphatic rings. The maximum Gasteiger partial charge on any atom is 0.328 e. The molecule has 0 radical (unpaired) electrons. The van der Waals surface area contributed by atoms with Crippen LogP contribution in [-0.2, 0) is 13.0 Å². The molecule has 5 nitrogen and oxygen atoms in total. The Morgan fingerprint density at radius 3 is 2.88 bits per heavy atom. The number of aryl methyl sites for hydroxylation is 1. The number of nitrogens with one attached hydrogen (secondary N) is 2. The summed E-state index contributed by atoms with van der Waals surface area (Å²) in [5.41, 5.74) is 1.32. The van der Waals surface area contributed by atoms with Gasteiger partial charge in [0.25, 0.3) is 0 Å². The maximum absolute atomic E-state index is 11.9. The Balaban J connectivity index is 2.26. The van der Waals surface area contributed by atoms with E-state index in [0.717, 1.165) is 24.3 Å². The summed E-state index contributed by atoms with van der Waals surface area (Å²) in [5.74, 6) is 1.50. The number of nitrogens with zero attached hydrogens (tertiary/aromatic N) is 2. The molecule has 0 spiro atoms. The van der Waals surface area contributed by atoms with Gasteiger partial charge in [0.1, 0.15) is 16.0 Å². The van der Waals surface area contributed by atoms with Gasteiger partial charge in [-0.05, 0) is 18.8 Å². The minimum atomic E-state index is -0.149. The highest BCUT2D eigenvalue weighted by Gasteiger charge is 2.24. The summed E-state index contributed by atoms with van der Waals surface area (Å²) in [6.45, 7) is 2.77. The summed E-state index contributed by atoms with van der Waals surface area (Å²) in [4.78, 5) is 22.2. The van der Waals surface area contributed by atoms with Gasteiger partial charge in [-0.1, -0.05) is 19.1 Å². The molecule has 2 N–H and O–H groups in total. The molecule has 0 atom stereocenters. The summed E-state index contributed by atoms with van der Waals surface area (Å²) < 4.78 is 2.16. The van der Waals surface area contributed by atoms with Crippen molar-refractivity contribution in [2.24, 2.45) is 5.92 Å². The third kappa shape index (κ3) is 1.82. The normalized spacial score (nSPS) is 15.6. The summed E-state index contributed by atoms with van der Waals surface area (Å²) in [5, 5.41) is 0. The zero-order chi connectivity index (χ0) is 12.0. The third-order valence-corrected chi connectivity index (χ3v) is 3.46. The lowest BCUT2D eigenvalue weighted by Crippen LogP contribution is -2.24. The lowest BCUT2D eigenvalue weighted by molar-refractivity contribution is 0.608. The van der Waals surface area contributed by atoms with Crippen molar-refractivity contribution in [3.05, 3.63) is 20.9 Å². The predicted molar refractivity (Wildman–Crippen MR) is 67.6 cm³/mol. The van der Waals surface area contributed by atoms with E-state index < -0.39 is 0 Å². The zero-order valence-electron chi connectivity index (χ0n) is 9.62. The van der Waals surface area contributed by atoms with Crippen molar-refractivity contribution in [3.8, 4) is 0 Å². The second-order valence-electron chi connectivity index (χ2n) is 4.55. The average molecular weight is 250 g/mol. The van der Waals surface area contributed by atoms with Crippen LogP contribution in [0.5, 0.6) is 0 Å². The molecular formula is C11H14N4OS. The van der Waals surface area contributed by atoms with Crippen LogP contribution in [0.1, 0.15) is 25.6 Å². The van der Waals surface area contributed by atoms with E-state index in [1.807, 2.05) is 6.92 Å². The van der Waals surface area contributed by atoms with Crippen LogP contribution in [0.25, 0.3) is 11.2 Å². The van der Waals surface area contributed by atoms with Gasteiger partial charge in [0.15, 0.2) is 5.65 Å². The van der Waals surface area contributed by atoms with Crippen LogP contribution in [0.3, 0.4) is 0 Å². The molecule has 1 aliphatic carbocycles. The molecule has 1 saturated carbocycles. The van der Waals surface area contributed by atoms with E-state index in [9.17, 15) is 4.79 Å². The van der Waals surface area contributed by atoms with Crippen molar-refractivity contribution < 1.29 is 0 Å². The number of fused-ring (bicyclic) bond motifs is 1. The summed E-state index contributed by atoms with van der Waals surface area (Å²) in [6.07, 6.45) is 3.21. The standard InChI is InChI=1S/C11H14N4OS/c1-2-7-12-8-9(13-7)15(5-6-3-4-6)11(16)14-10(8)17/h6H,2-5H2,1H3,(H,12,13)(H,14,16,17). The highest BCUT2D eigenvalue weighted by Crippen LogP contribution is 2.30. The van der Waals surface area contributed by atoms with Gasteiger partial charge in [-0.15, -0.1) is 0 Å². The molecule has 0 aliphatic heterocycles. The molecule has 0 aromatic carbocycles. The smallest absolute Gasteiger partial charge is 0.328 e. The van der Waals surface area contributed by atoms with Crippen LogP contribution in [0, 0.1) is 10.6 Å². The van der Waals surface area contributed by atoms with Gasteiger partial charge < -0.3 is 4.98 Å². The van der Waals surface area contributed by atoms with Gasteiger partial charge in [0.05, 0.1) is 0 Å². The lowest BCUT2D eigenvalue weighted by atomic mass is 10.4. The molecule has 0 amide bonds. The molecule has 2 aromatic rings. The van der Waals surface area contributed by atoms with E-state index in [0.29, 0.717) is 16.2 Å². The number of rotatable bonds is 3. The number of aromatic amines is 2. The first-order valence-electron chi connectivity index (χ1n) is 5.90. The fourth-order valence-electron chi connectivity index (χ4n) is 1.98. The first kappa shape index (κ1) is 10.7. The van der Waals surface area contributed by atoms with Crippen molar-refractivity contribution in [3.63, 3.8) is 0 Å². The van der Waals surface area contributed by atoms with E-state index >= 15 is 0 Å². The Kier molecular flexibility index (Phi) is 2.39. The van der Waals surface area contributed by atoms with Crippen LogP contribution >= 0.6 is 12.2 Å². The van der Waals surface area contributed by atoms with Crippen LogP contribution in [0.15, 0.2) is 4.79 Å². The largest absolute Gasteiger partial charge is 0.338 e. The van der Waals surface area contributed by atoms with Gasteiger partial charge >= 0.3 is 5.69 Å². The molecule has 3 rings (SSSR count). The van der Waals surface area contributed by atoms with Crippen molar-refractivity contribution in [1.29, 1.82) is 0 Å². The monoisotopic (exact) mass is 250 g/mol. The molecule has 0 unspecified atom stereocenters. The Bertz CT molecular complexity index is 677. The second-order valence-corrected chi connectivity index (χ2v) is 4.96. The summed E-state index contributed by atoms with van der Waals surface area (Å²) in [6, 6.07) is 0. The molecule has 6 heteroatoms. The van der Waals surface area contributed by atoms with E-state index in [2.05, 4.69) is 15.0 Å². The molecule has 2 aromatic heterocycles. The third-order valence-electron chi connectivity index (χ3n) is 3.15. The summed E-state index contributed by atoms with van der Waals surface area (Å²) in [7, 11) is 0. The van der Waals surface area contributed by atoms with Crippen molar-refractivity contribution in [1.82, 2.24) is 19.5 Å². The first-order chi connectivity index (χ1) is 8.19. The fourth-order valence-corrected chi connectivity index (χ4v) is 2.21. The molecule has 0 saturated heterocycles. The number of hydrogen-bond acceptors (Lipinski definition) is 3. The van der Waals surface area contributed by atoms with Crippen molar-refractivity contribution >= 4 is 23.4 Å². The lowest BCUT2D eigenvalue weighted by Gasteiger charge is -2.04. The van der Waals surface area contributed by atoms with Crippen molar-refractivity contribution in [2.45, 2.75) is 32.7 Å². The quantitative estimate of drug-likeness (QED) is 0.816. The van der Waals surface area contributed by atoms with Gasteiger partial charge in [0.2, 0.25) is 0 Å². The Labute approximate surface area is 103 Å². The van der Waals surface area contributed by atoms with E-state index in [-0.39, 0.29) is 5.69 Å². The topological polar surface area (TPSA) is 66.5 Å². The van der Waals surface area contributed by atoms with Crippen LogP contribution in [-0.4, -0.2) is 19.5 Å². The zero-order valence-corrected chi connectivity index (χ0v) is 10.4. The fraction of sp³-hybridized carbons (Fsp3) is 0.545. The first-order valence-corrected chi connectivity index (χ1v) is 6.31. The molecule has 2 heterocycles. The maximum atomic E-state index is 11.9. The second kappa shape index (κ2) is 3.80. The number of hydrogen-bond donors (Lipinski definition) is 2. The minimum Gasteiger partial charge on any atom is -0.338 e. The molecule has 0 bridgehead atoms. The summed E-state index contributed by atoms with van der Waals surface area (Å²) >= 11 is 5.15. The van der Waals surface area contributed by atoms with Gasteiger partial charge in [-0.3, -0.25) is 9.55 Å². The molecular weight excluding hydrogens is 236 g/mol. The Morgan fingerprint density at radius 1 is 1.47 bits per heavy atom. The minimum absolute atomic E-state index is 0.149. The van der Waals surface area contributed by atoms with Crippen LogP contribution < -0.4 is 5.69 Å². The molecule has 1 fully saturated rings. The Hall–Kier alpha value is -1.43. The van der Waals surface area contributed by atoms with Gasteiger partial charge in [-0.2, -0.15) is 0 Å². The number of aromatic nitrogens is 4. The number of H-pyrrole nitrogens is 2. The van der Waals surface area contributed by atoms with Gasteiger partial charge in [-0.25, -0.2) is 9.78 Å². The van der Waals surface area contributed by atoms with E-state index in [4.69, 9.17) is 12.2 Å². The van der Waals surface area contributed by atoms with Crippen molar-refractivity contribution in [2.75, 3.05) is 0 Å². The molecule has 90 valence electrons. The molecule has 17 heavy (non-hydrogen) atoms. The highest BCUT2D eigenvalue weighted by atomic mass is 32.1. The van der Waals surface area contributed by atoms with Crippen LogP contribution in [0.2, 0.25) is 0 Å². The van der Waals surface area contributed by atoms with Crippen LogP contribution in [0.4, 0.5) is 0 Å². The number of imidazole rings is 1. The highest BCUT2D eigenvalue weighted by molar-refractivity contribution is 7.71. The van der Waals surface area contributed by atoms with E-state index in [1.165, 1.54) is 12.8 Å². The average Bonchev–Trinajstić information content (AvgIpc) is 3.01. The van der Waals surface area contributed by atoms with Gasteiger partial charge in [0, 0.05) is 13.0 Å². The Morgan fingerprint density at radius 2 is 2.24 bits per heavy atom. The predicted octanol–water partition coefficient (Wildman–Crippen LogP) is 1.75.